The van der Waals surface area contributed by atoms with Crippen molar-refractivity contribution in [2.45, 2.75) is 33.1 Å². The van der Waals surface area contributed by atoms with Crippen molar-refractivity contribution in [2.24, 2.45) is 5.41 Å². The van der Waals surface area contributed by atoms with E-state index < -0.39 is 0 Å². The Morgan fingerprint density at radius 2 is 1.95 bits per heavy atom. The molecule has 0 unspecified atom stereocenters. The van der Waals surface area contributed by atoms with Crippen LogP contribution in [0.2, 0.25) is 0 Å². The van der Waals surface area contributed by atoms with E-state index in [0.717, 1.165) is 5.56 Å². The predicted molar refractivity (Wildman–Crippen MR) is 83.1 cm³/mol. The molecule has 0 radical (unpaired) electrons. The van der Waals surface area contributed by atoms with Gasteiger partial charge in [0.05, 0.1) is 5.92 Å². The molecule has 0 saturated carbocycles. The standard InChI is InChI=1S/C17H21N3O2/c1-17(2,3)9-14(21)20-10-13(11-20)16-18-15(19-22-16)12-7-5-4-6-8-12/h4-8,13H,9-11H2,1-3H3. The van der Waals surface area contributed by atoms with Crippen molar-refractivity contribution < 1.29 is 9.32 Å². The summed E-state index contributed by atoms with van der Waals surface area (Å²) in [6, 6.07) is 9.75. The fourth-order valence-electron chi connectivity index (χ4n) is 2.51. The third kappa shape index (κ3) is 3.18. The molecule has 0 spiro atoms. The predicted octanol–water partition coefficient (Wildman–Crippen LogP) is 3.10. The minimum absolute atomic E-state index is 0.0210. The number of carbonyl (C=O) groups excluding carboxylic acids is 1. The molecule has 3 rings (SSSR count). The van der Waals surface area contributed by atoms with Crippen molar-refractivity contribution in [3.63, 3.8) is 0 Å². The lowest BCUT2D eigenvalue weighted by Crippen LogP contribution is -2.49. The van der Waals surface area contributed by atoms with Crippen molar-refractivity contribution in [1.29, 1.82) is 0 Å². The average Bonchev–Trinajstić information content (AvgIpc) is 2.85. The van der Waals surface area contributed by atoms with Gasteiger partial charge >= 0.3 is 0 Å². The van der Waals surface area contributed by atoms with Crippen LogP contribution >= 0.6 is 0 Å². The number of carbonyl (C=O) groups is 1. The smallest absolute Gasteiger partial charge is 0.233 e. The second-order valence-corrected chi connectivity index (χ2v) is 7.06. The number of amides is 1. The van der Waals surface area contributed by atoms with E-state index in [1.165, 1.54) is 0 Å². The molecule has 0 atom stereocenters. The molecule has 5 nitrogen and oxygen atoms in total. The molecule has 0 aliphatic carbocycles. The number of benzene rings is 1. The quantitative estimate of drug-likeness (QED) is 0.874. The summed E-state index contributed by atoms with van der Waals surface area (Å²) in [5, 5.41) is 4.03. The van der Waals surface area contributed by atoms with Crippen LogP contribution in [0.4, 0.5) is 0 Å². The Morgan fingerprint density at radius 1 is 1.27 bits per heavy atom. The molecule has 1 aliphatic heterocycles. The molecular formula is C17H21N3O2. The van der Waals surface area contributed by atoms with Crippen LogP contribution in [0.25, 0.3) is 11.4 Å². The van der Waals surface area contributed by atoms with Gasteiger partial charge in [-0.1, -0.05) is 56.3 Å². The van der Waals surface area contributed by atoms with Crippen molar-refractivity contribution in [2.75, 3.05) is 13.1 Å². The Hall–Kier alpha value is -2.17. The van der Waals surface area contributed by atoms with Crippen LogP contribution in [0.1, 0.15) is 39.0 Å². The van der Waals surface area contributed by atoms with Crippen LogP contribution in [0.15, 0.2) is 34.9 Å². The maximum Gasteiger partial charge on any atom is 0.233 e. The van der Waals surface area contributed by atoms with Gasteiger partial charge in [-0.3, -0.25) is 4.79 Å². The molecule has 116 valence electrons. The zero-order valence-electron chi connectivity index (χ0n) is 13.2. The summed E-state index contributed by atoms with van der Waals surface area (Å²) in [5.41, 5.74) is 0.963. The van der Waals surface area contributed by atoms with Gasteiger partial charge < -0.3 is 9.42 Å². The lowest BCUT2D eigenvalue weighted by Gasteiger charge is -2.38. The summed E-state index contributed by atoms with van der Waals surface area (Å²) in [6.07, 6.45) is 0.568. The fourth-order valence-corrected chi connectivity index (χ4v) is 2.51. The third-order valence-corrected chi connectivity index (χ3v) is 3.74. The van der Waals surface area contributed by atoms with Gasteiger partial charge in [-0.05, 0) is 5.41 Å². The van der Waals surface area contributed by atoms with E-state index in [1.807, 2.05) is 35.2 Å². The molecule has 2 heterocycles. The van der Waals surface area contributed by atoms with Gasteiger partial charge in [-0.2, -0.15) is 4.98 Å². The van der Waals surface area contributed by atoms with Crippen molar-refractivity contribution in [3.05, 3.63) is 36.2 Å². The number of aromatic nitrogens is 2. The summed E-state index contributed by atoms with van der Waals surface area (Å²) < 4.78 is 5.35. The van der Waals surface area contributed by atoms with Gasteiger partial charge in [-0.25, -0.2) is 0 Å². The number of rotatable bonds is 3. The maximum absolute atomic E-state index is 12.1. The van der Waals surface area contributed by atoms with Crippen molar-refractivity contribution in [1.82, 2.24) is 15.0 Å². The second-order valence-electron chi connectivity index (χ2n) is 7.06. The highest BCUT2D eigenvalue weighted by Crippen LogP contribution is 2.30. The molecule has 1 saturated heterocycles. The van der Waals surface area contributed by atoms with Crippen LogP contribution in [0, 0.1) is 5.41 Å². The van der Waals surface area contributed by atoms with E-state index in [9.17, 15) is 4.79 Å². The molecule has 5 heteroatoms. The topological polar surface area (TPSA) is 59.2 Å². The highest BCUT2D eigenvalue weighted by molar-refractivity contribution is 5.77. The maximum atomic E-state index is 12.1. The zero-order chi connectivity index (χ0) is 15.7. The molecule has 1 amide bonds. The van der Waals surface area contributed by atoms with Crippen molar-refractivity contribution >= 4 is 5.91 Å². The van der Waals surface area contributed by atoms with Crippen LogP contribution < -0.4 is 0 Å². The molecule has 1 aromatic heterocycles. The van der Waals surface area contributed by atoms with E-state index in [1.54, 1.807) is 0 Å². The molecular weight excluding hydrogens is 278 g/mol. The van der Waals surface area contributed by atoms with Crippen molar-refractivity contribution in [3.8, 4) is 11.4 Å². The lowest BCUT2D eigenvalue weighted by atomic mass is 9.90. The first-order valence-corrected chi connectivity index (χ1v) is 7.59. The minimum Gasteiger partial charge on any atom is -0.341 e. The average molecular weight is 299 g/mol. The van der Waals surface area contributed by atoms with Gasteiger partial charge in [0, 0.05) is 25.1 Å². The van der Waals surface area contributed by atoms with Crippen LogP contribution in [-0.2, 0) is 4.79 Å². The van der Waals surface area contributed by atoms with Gasteiger partial charge in [-0.15, -0.1) is 0 Å². The zero-order valence-corrected chi connectivity index (χ0v) is 13.2. The van der Waals surface area contributed by atoms with Gasteiger partial charge in [0.25, 0.3) is 0 Å². The molecule has 0 bridgehead atoms. The number of nitrogens with zero attached hydrogens (tertiary/aromatic N) is 3. The third-order valence-electron chi connectivity index (χ3n) is 3.74. The first-order valence-electron chi connectivity index (χ1n) is 7.59. The molecule has 0 N–H and O–H groups in total. The normalized spacial score (nSPS) is 15.7. The Bertz CT molecular complexity index is 652. The second kappa shape index (κ2) is 5.55. The summed E-state index contributed by atoms with van der Waals surface area (Å²) in [4.78, 5) is 18.4. The summed E-state index contributed by atoms with van der Waals surface area (Å²) >= 11 is 0. The summed E-state index contributed by atoms with van der Waals surface area (Å²) in [7, 11) is 0. The largest absolute Gasteiger partial charge is 0.341 e. The summed E-state index contributed by atoms with van der Waals surface area (Å²) in [5.74, 6) is 1.59. The minimum atomic E-state index is 0.0210. The van der Waals surface area contributed by atoms with Crippen LogP contribution in [-0.4, -0.2) is 34.0 Å². The van der Waals surface area contributed by atoms with E-state index in [0.29, 0.717) is 31.2 Å². The summed E-state index contributed by atoms with van der Waals surface area (Å²) in [6.45, 7) is 7.57. The monoisotopic (exact) mass is 299 g/mol. The lowest BCUT2D eigenvalue weighted by molar-refractivity contribution is -0.137. The van der Waals surface area contributed by atoms with Crippen LogP contribution in [0.3, 0.4) is 0 Å². The highest BCUT2D eigenvalue weighted by Gasteiger charge is 2.36. The molecule has 1 aliphatic rings. The molecule has 1 aromatic carbocycles. The Balaban J connectivity index is 1.60. The van der Waals surface area contributed by atoms with E-state index >= 15 is 0 Å². The molecule has 1 fully saturated rings. The Morgan fingerprint density at radius 3 is 2.59 bits per heavy atom. The molecule has 22 heavy (non-hydrogen) atoms. The van der Waals surface area contributed by atoms with Crippen LogP contribution in [0.5, 0.6) is 0 Å². The van der Waals surface area contributed by atoms with Gasteiger partial charge in [0.15, 0.2) is 0 Å². The van der Waals surface area contributed by atoms with E-state index in [-0.39, 0.29) is 17.2 Å². The Labute approximate surface area is 130 Å². The van der Waals surface area contributed by atoms with Gasteiger partial charge in [0.2, 0.25) is 17.6 Å². The number of hydrogen-bond donors (Lipinski definition) is 0. The number of likely N-dealkylation sites (tertiary alicyclic amines) is 1. The fraction of sp³-hybridized carbons (Fsp3) is 0.471. The Kier molecular flexibility index (Phi) is 3.72. The highest BCUT2D eigenvalue weighted by atomic mass is 16.5. The van der Waals surface area contributed by atoms with E-state index in [2.05, 4.69) is 30.9 Å². The molecule has 2 aromatic rings. The van der Waals surface area contributed by atoms with Gasteiger partial charge in [0.1, 0.15) is 0 Å². The number of hydrogen-bond acceptors (Lipinski definition) is 4. The van der Waals surface area contributed by atoms with E-state index in [4.69, 9.17) is 4.52 Å². The first-order chi connectivity index (χ1) is 10.4. The SMILES string of the molecule is CC(C)(C)CC(=O)N1CC(c2nc(-c3ccccc3)no2)C1. The first kappa shape index (κ1) is 14.8.